The monoisotopic (exact) mass is 375 g/mol. The number of carboxylic acids is 1. The van der Waals surface area contributed by atoms with Gasteiger partial charge in [-0.2, -0.15) is 0 Å². The summed E-state index contributed by atoms with van der Waals surface area (Å²) in [7, 11) is 0. The number of benzene rings is 1. The fraction of sp³-hybridized carbons (Fsp3) is 0.444. The summed E-state index contributed by atoms with van der Waals surface area (Å²) in [6.45, 7) is 2.21. The molecular weight excluding hydrogens is 354 g/mol. The van der Waals surface area contributed by atoms with Crippen molar-refractivity contribution in [3.05, 3.63) is 29.3 Å². The molecule has 1 aromatic carbocycles. The van der Waals surface area contributed by atoms with Gasteiger partial charge in [0.15, 0.2) is 0 Å². The maximum atomic E-state index is 12.8. The van der Waals surface area contributed by atoms with E-state index in [2.05, 4.69) is 4.98 Å². The molecule has 1 aromatic heterocycles. The minimum atomic E-state index is -1.02. The zero-order valence-corrected chi connectivity index (χ0v) is 15.4. The Morgan fingerprint density at radius 2 is 2.12 bits per heavy atom. The van der Waals surface area contributed by atoms with E-state index in [9.17, 15) is 14.4 Å². The second-order valence-electron chi connectivity index (χ2n) is 6.45. The van der Waals surface area contributed by atoms with Gasteiger partial charge in [-0.15, -0.1) is 11.3 Å². The lowest BCUT2D eigenvalue weighted by atomic mass is 10.1. The molecule has 138 valence electrons. The summed E-state index contributed by atoms with van der Waals surface area (Å²) in [4.78, 5) is 43.1. The molecule has 2 heterocycles. The van der Waals surface area contributed by atoms with E-state index in [4.69, 9.17) is 5.11 Å². The van der Waals surface area contributed by atoms with E-state index in [0.717, 1.165) is 16.6 Å². The first-order chi connectivity index (χ1) is 12.5. The molecule has 0 bridgehead atoms. The molecule has 1 N–H and O–H groups in total. The summed E-state index contributed by atoms with van der Waals surface area (Å²) < 4.78 is 0.979. The molecule has 1 aliphatic heterocycles. The third-order valence-electron chi connectivity index (χ3n) is 4.71. The second kappa shape index (κ2) is 7.82. The van der Waals surface area contributed by atoms with E-state index in [-0.39, 0.29) is 24.4 Å². The van der Waals surface area contributed by atoms with E-state index in [1.807, 2.05) is 12.1 Å². The fourth-order valence-electron chi connectivity index (χ4n) is 3.41. The van der Waals surface area contributed by atoms with Gasteiger partial charge in [0.1, 0.15) is 6.54 Å². The molecule has 3 rings (SSSR count). The van der Waals surface area contributed by atoms with Crippen LogP contribution in [0, 0.1) is 0 Å². The minimum Gasteiger partial charge on any atom is -0.480 e. The highest BCUT2D eigenvalue weighted by molar-refractivity contribution is 7.16. The van der Waals surface area contributed by atoms with Gasteiger partial charge in [-0.25, -0.2) is 4.98 Å². The Morgan fingerprint density at radius 3 is 2.85 bits per heavy atom. The molecule has 2 aromatic rings. The molecule has 1 atom stereocenters. The second-order valence-corrected chi connectivity index (χ2v) is 7.34. The summed E-state index contributed by atoms with van der Waals surface area (Å²) in [5.74, 6) is -1.29. The molecule has 1 saturated heterocycles. The van der Waals surface area contributed by atoms with E-state index in [1.54, 1.807) is 16.5 Å². The summed E-state index contributed by atoms with van der Waals surface area (Å²) >= 11 is 1.50. The number of nitrogens with zero attached hydrogens (tertiary/aromatic N) is 3. The Labute approximate surface area is 155 Å². The standard InChI is InChI=1S/C18H21N3O4S/c1-12(22)21(10-17(23)24)14-3-2-7-20(8-6-14)18(25)13-4-5-15-16(9-13)26-11-19-15/h4-5,9,11,14H,2-3,6-8,10H2,1H3,(H,23,24). The first-order valence-electron chi connectivity index (χ1n) is 8.57. The van der Waals surface area contributed by atoms with E-state index < -0.39 is 5.97 Å². The van der Waals surface area contributed by atoms with E-state index in [0.29, 0.717) is 31.5 Å². The molecule has 0 spiro atoms. The first kappa shape index (κ1) is 18.3. The largest absolute Gasteiger partial charge is 0.480 e. The molecule has 1 fully saturated rings. The molecular formula is C18H21N3O4S. The van der Waals surface area contributed by atoms with Crippen LogP contribution in [-0.4, -0.2) is 63.4 Å². The lowest BCUT2D eigenvalue weighted by Crippen LogP contribution is -2.43. The van der Waals surface area contributed by atoms with Crippen LogP contribution < -0.4 is 0 Å². The zero-order valence-electron chi connectivity index (χ0n) is 14.6. The van der Waals surface area contributed by atoms with Crippen LogP contribution in [0.5, 0.6) is 0 Å². The van der Waals surface area contributed by atoms with Gasteiger partial charge in [0.25, 0.3) is 5.91 Å². The van der Waals surface area contributed by atoms with Crippen molar-refractivity contribution in [2.45, 2.75) is 32.2 Å². The van der Waals surface area contributed by atoms with Gasteiger partial charge in [-0.05, 0) is 37.5 Å². The first-order valence-corrected chi connectivity index (χ1v) is 9.45. The third-order valence-corrected chi connectivity index (χ3v) is 5.51. The van der Waals surface area contributed by atoms with Crippen molar-refractivity contribution in [2.75, 3.05) is 19.6 Å². The topological polar surface area (TPSA) is 90.8 Å². The maximum absolute atomic E-state index is 12.8. The van der Waals surface area contributed by atoms with Crippen LogP contribution in [0.15, 0.2) is 23.7 Å². The number of carbonyl (C=O) groups excluding carboxylic acids is 2. The number of carboxylic acid groups (broad SMARTS) is 1. The molecule has 26 heavy (non-hydrogen) atoms. The average Bonchev–Trinajstić information content (AvgIpc) is 2.94. The Bertz CT molecular complexity index is 835. The summed E-state index contributed by atoms with van der Waals surface area (Å²) in [6, 6.07) is 5.36. The SMILES string of the molecule is CC(=O)N(CC(=O)O)C1CCCN(C(=O)c2ccc3ncsc3c2)CC1. The Balaban J connectivity index is 1.70. The van der Waals surface area contributed by atoms with E-state index in [1.165, 1.54) is 23.2 Å². The molecule has 1 unspecified atom stereocenters. The predicted molar refractivity (Wildman–Crippen MR) is 98.2 cm³/mol. The van der Waals surface area contributed by atoms with Gasteiger partial charge in [0, 0.05) is 31.6 Å². The molecule has 0 saturated carbocycles. The van der Waals surface area contributed by atoms with Gasteiger partial charge in [0.05, 0.1) is 15.7 Å². The Hall–Kier alpha value is -2.48. The molecule has 8 heteroatoms. The Kier molecular flexibility index (Phi) is 5.51. The highest BCUT2D eigenvalue weighted by atomic mass is 32.1. The Morgan fingerprint density at radius 1 is 1.31 bits per heavy atom. The highest BCUT2D eigenvalue weighted by Crippen LogP contribution is 2.22. The zero-order chi connectivity index (χ0) is 18.7. The van der Waals surface area contributed by atoms with Crippen LogP contribution in [0.25, 0.3) is 10.2 Å². The van der Waals surface area contributed by atoms with Crippen molar-refractivity contribution in [1.82, 2.24) is 14.8 Å². The van der Waals surface area contributed by atoms with Crippen LogP contribution in [0.1, 0.15) is 36.5 Å². The van der Waals surface area contributed by atoms with Gasteiger partial charge in [-0.3, -0.25) is 14.4 Å². The van der Waals surface area contributed by atoms with Crippen LogP contribution in [0.2, 0.25) is 0 Å². The number of hydrogen-bond acceptors (Lipinski definition) is 5. The van der Waals surface area contributed by atoms with Crippen molar-refractivity contribution in [1.29, 1.82) is 0 Å². The lowest BCUT2D eigenvalue weighted by molar-refractivity contribution is -0.145. The molecule has 2 amide bonds. The molecule has 0 aliphatic carbocycles. The fourth-order valence-corrected chi connectivity index (χ4v) is 4.12. The quantitative estimate of drug-likeness (QED) is 0.885. The lowest BCUT2D eigenvalue weighted by Gasteiger charge is -2.28. The number of thiazole rings is 1. The number of rotatable bonds is 4. The third kappa shape index (κ3) is 4.01. The average molecular weight is 375 g/mol. The maximum Gasteiger partial charge on any atom is 0.323 e. The van der Waals surface area contributed by atoms with Crippen molar-refractivity contribution >= 4 is 39.3 Å². The van der Waals surface area contributed by atoms with Crippen LogP contribution in [-0.2, 0) is 9.59 Å². The summed E-state index contributed by atoms with van der Waals surface area (Å²) in [6.07, 6.45) is 2.02. The molecule has 7 nitrogen and oxygen atoms in total. The predicted octanol–water partition coefficient (Wildman–Crippen LogP) is 2.22. The van der Waals surface area contributed by atoms with Crippen molar-refractivity contribution < 1.29 is 19.5 Å². The van der Waals surface area contributed by atoms with Gasteiger partial charge < -0.3 is 14.9 Å². The van der Waals surface area contributed by atoms with Crippen molar-refractivity contribution in [3.63, 3.8) is 0 Å². The van der Waals surface area contributed by atoms with Crippen molar-refractivity contribution in [2.24, 2.45) is 0 Å². The minimum absolute atomic E-state index is 0.0337. The molecule has 1 aliphatic rings. The van der Waals surface area contributed by atoms with Gasteiger partial charge >= 0.3 is 5.97 Å². The van der Waals surface area contributed by atoms with Gasteiger partial charge in [0.2, 0.25) is 5.91 Å². The van der Waals surface area contributed by atoms with Crippen molar-refractivity contribution in [3.8, 4) is 0 Å². The van der Waals surface area contributed by atoms with Gasteiger partial charge in [-0.1, -0.05) is 0 Å². The normalized spacial score (nSPS) is 17.7. The summed E-state index contributed by atoms with van der Waals surface area (Å²) in [5.41, 5.74) is 3.27. The number of aromatic nitrogens is 1. The highest BCUT2D eigenvalue weighted by Gasteiger charge is 2.28. The molecule has 0 radical (unpaired) electrons. The number of likely N-dealkylation sites (tertiary alicyclic amines) is 1. The number of carbonyl (C=O) groups is 3. The number of amides is 2. The van der Waals surface area contributed by atoms with Crippen LogP contribution >= 0.6 is 11.3 Å². The van der Waals surface area contributed by atoms with Crippen LogP contribution in [0.4, 0.5) is 0 Å². The summed E-state index contributed by atoms with van der Waals surface area (Å²) in [5, 5.41) is 9.03. The number of hydrogen-bond donors (Lipinski definition) is 1. The van der Waals surface area contributed by atoms with E-state index >= 15 is 0 Å². The number of aliphatic carboxylic acids is 1. The number of fused-ring (bicyclic) bond motifs is 1. The smallest absolute Gasteiger partial charge is 0.323 e. The van der Waals surface area contributed by atoms with Crippen LogP contribution in [0.3, 0.4) is 0 Å².